The van der Waals surface area contributed by atoms with E-state index in [1.807, 2.05) is 12.2 Å². The van der Waals surface area contributed by atoms with Crippen LogP contribution in [0.5, 0.6) is 0 Å². The van der Waals surface area contributed by atoms with Crippen LogP contribution in [0.4, 0.5) is 0 Å². The van der Waals surface area contributed by atoms with Crippen molar-refractivity contribution in [1.29, 1.82) is 0 Å². The van der Waals surface area contributed by atoms with Gasteiger partial charge in [0.05, 0.1) is 0 Å². The van der Waals surface area contributed by atoms with Crippen LogP contribution in [0.1, 0.15) is 11.1 Å². The van der Waals surface area contributed by atoms with E-state index in [1.54, 1.807) is 0 Å². The number of rotatable bonds is 6. The van der Waals surface area contributed by atoms with Crippen molar-refractivity contribution in [2.24, 2.45) is 0 Å². The molecule has 0 saturated heterocycles. The number of hydrogen-bond acceptors (Lipinski definition) is 0. The zero-order valence-corrected chi connectivity index (χ0v) is 31.5. The fraction of sp³-hybridized carbons (Fsp3) is 0. The fourth-order valence-electron chi connectivity index (χ4n) is 8.08. The molecule has 0 bridgehead atoms. The van der Waals surface area contributed by atoms with Gasteiger partial charge in [-0.2, -0.15) is 0 Å². The topological polar surface area (TPSA) is 0 Å². The Morgan fingerprint density at radius 3 is 0.865 bits per heavy atom. The van der Waals surface area contributed by atoms with Crippen LogP contribution in [0.3, 0.4) is 0 Å². The van der Waals surface area contributed by atoms with Crippen LogP contribution < -0.4 is 0 Å². The van der Waals surface area contributed by atoms with E-state index in [0.717, 1.165) is 25.6 Å². The summed E-state index contributed by atoms with van der Waals surface area (Å²) in [5.74, 6) is 0. The summed E-state index contributed by atoms with van der Waals surface area (Å²) in [7, 11) is 0. The first-order valence-electron chi connectivity index (χ1n) is 17.4. The molecule has 52 heavy (non-hydrogen) atoms. The lowest BCUT2D eigenvalue weighted by molar-refractivity contribution is 1.55. The molecule has 0 spiro atoms. The van der Waals surface area contributed by atoms with E-state index in [0.29, 0.717) is 0 Å². The molecule has 0 aliphatic carbocycles. The summed E-state index contributed by atoms with van der Waals surface area (Å²) in [6.07, 6.45) is 3.83. The lowest BCUT2D eigenvalue weighted by Crippen LogP contribution is -1.93. The molecule has 0 amide bonds. The molecule has 9 aromatic rings. The molecule has 0 nitrogen and oxygen atoms in total. The highest BCUT2D eigenvalue weighted by atomic mass is 79.9. The minimum atomic E-state index is 1.01. The Morgan fingerprint density at radius 2 is 0.519 bits per heavy atom. The van der Waals surface area contributed by atoms with Gasteiger partial charge in [0.25, 0.3) is 0 Å². The highest BCUT2D eigenvalue weighted by Gasteiger charge is 2.18. The van der Waals surface area contributed by atoms with E-state index in [4.69, 9.17) is 0 Å². The van der Waals surface area contributed by atoms with Crippen LogP contribution in [0.15, 0.2) is 180 Å². The van der Waals surface area contributed by atoms with Crippen molar-refractivity contribution in [3.63, 3.8) is 0 Å². The molecule has 0 saturated carbocycles. The Labute approximate surface area is 320 Å². The SMILES string of the molecule is C=Cc1c(Br)ccc(-c2ccc(-c3ccc(-c4ccc(-c5ccc(Br)c6ccccc56)c5ccccc45)c4ccccc34)c3ccccc23)c1C=C. The van der Waals surface area contributed by atoms with E-state index in [9.17, 15) is 0 Å². The maximum Gasteiger partial charge on any atom is 0.0254 e. The second-order valence-corrected chi connectivity index (χ2v) is 14.8. The van der Waals surface area contributed by atoms with Crippen molar-refractivity contribution < 1.29 is 0 Å². The molecule has 246 valence electrons. The summed E-state index contributed by atoms with van der Waals surface area (Å²) in [6, 6.07) is 57.5. The van der Waals surface area contributed by atoms with Crippen molar-refractivity contribution in [2.75, 3.05) is 0 Å². The highest BCUT2D eigenvalue weighted by molar-refractivity contribution is 9.11. The molecule has 9 aromatic carbocycles. The van der Waals surface area contributed by atoms with Gasteiger partial charge < -0.3 is 0 Å². The minimum Gasteiger partial charge on any atom is -0.0984 e. The van der Waals surface area contributed by atoms with Crippen molar-refractivity contribution in [3.05, 3.63) is 191 Å². The fourth-order valence-corrected chi connectivity index (χ4v) is 9.06. The first-order valence-corrected chi connectivity index (χ1v) is 19.0. The van der Waals surface area contributed by atoms with E-state index >= 15 is 0 Å². The van der Waals surface area contributed by atoms with Gasteiger partial charge in [-0.25, -0.2) is 0 Å². The predicted molar refractivity (Wildman–Crippen MR) is 234 cm³/mol. The van der Waals surface area contributed by atoms with Gasteiger partial charge in [0.2, 0.25) is 0 Å². The Balaban J connectivity index is 1.23. The maximum absolute atomic E-state index is 4.16. The summed E-state index contributed by atoms with van der Waals surface area (Å²) in [5.41, 5.74) is 11.8. The van der Waals surface area contributed by atoms with Gasteiger partial charge in [0, 0.05) is 8.95 Å². The van der Waals surface area contributed by atoms with Gasteiger partial charge in [0.15, 0.2) is 0 Å². The first-order chi connectivity index (χ1) is 25.6. The van der Waals surface area contributed by atoms with E-state index in [1.165, 1.54) is 82.0 Å². The van der Waals surface area contributed by atoms with Crippen LogP contribution in [-0.2, 0) is 0 Å². The van der Waals surface area contributed by atoms with E-state index in [-0.39, 0.29) is 0 Å². The Morgan fingerprint density at radius 1 is 0.269 bits per heavy atom. The quantitative estimate of drug-likeness (QED) is 0.157. The van der Waals surface area contributed by atoms with Crippen LogP contribution in [0.25, 0.3) is 99.7 Å². The molecular formula is C50H32Br2. The average Bonchev–Trinajstić information content (AvgIpc) is 3.20. The van der Waals surface area contributed by atoms with Gasteiger partial charge in [-0.1, -0.05) is 203 Å². The van der Waals surface area contributed by atoms with Crippen LogP contribution >= 0.6 is 31.9 Å². The lowest BCUT2D eigenvalue weighted by Gasteiger charge is -2.18. The minimum absolute atomic E-state index is 1.01. The number of hydrogen-bond donors (Lipinski definition) is 0. The second-order valence-electron chi connectivity index (χ2n) is 13.1. The van der Waals surface area contributed by atoms with Gasteiger partial charge in [0.1, 0.15) is 0 Å². The van der Waals surface area contributed by atoms with Gasteiger partial charge in [-0.3, -0.25) is 0 Å². The standard InChI is InChI=1S/C50H32Br2/c1-3-31-32(4-2)49(51)29-27-40(31)41-21-22-42(34-14-6-5-13-33(34)41)43-23-24-44(36-16-8-7-15-35(36)43)45-25-26-46(38-18-10-9-17-37(38)45)47-28-30-50(52)48-20-12-11-19-39(47)48/h3-30H,1-2H2. The molecule has 0 atom stereocenters. The largest absolute Gasteiger partial charge is 0.0984 e. The second kappa shape index (κ2) is 13.2. The Kier molecular flexibility index (Phi) is 8.23. The molecule has 0 aromatic heterocycles. The molecule has 2 heteroatoms. The van der Waals surface area contributed by atoms with Crippen LogP contribution in [-0.4, -0.2) is 0 Å². The number of halogens is 2. The van der Waals surface area contributed by atoms with Crippen LogP contribution in [0.2, 0.25) is 0 Å². The third kappa shape index (κ3) is 5.17. The molecule has 0 aliphatic heterocycles. The third-order valence-corrected chi connectivity index (χ3v) is 11.8. The summed E-state index contributed by atoms with van der Waals surface area (Å²) < 4.78 is 2.12. The van der Waals surface area contributed by atoms with Crippen LogP contribution in [0, 0.1) is 0 Å². The normalized spacial score (nSPS) is 11.4. The molecule has 9 rings (SSSR count). The Hall–Kier alpha value is -5.54. The lowest BCUT2D eigenvalue weighted by atomic mass is 9.85. The van der Waals surface area contributed by atoms with Gasteiger partial charge in [-0.15, -0.1) is 0 Å². The summed E-state index contributed by atoms with van der Waals surface area (Å²) >= 11 is 7.48. The van der Waals surface area contributed by atoms with Crippen molar-refractivity contribution in [2.45, 2.75) is 0 Å². The molecular weight excluding hydrogens is 760 g/mol. The first kappa shape index (κ1) is 32.4. The van der Waals surface area contributed by atoms with Crippen molar-refractivity contribution >= 4 is 87.1 Å². The summed E-state index contributed by atoms with van der Waals surface area (Å²) in [4.78, 5) is 0. The zero-order chi connectivity index (χ0) is 35.3. The van der Waals surface area contributed by atoms with E-state index in [2.05, 4.69) is 203 Å². The number of fused-ring (bicyclic) bond motifs is 4. The average molecular weight is 793 g/mol. The van der Waals surface area contributed by atoms with Gasteiger partial charge in [-0.05, 0) is 111 Å². The predicted octanol–water partition coefficient (Wildman–Crippen LogP) is 15.8. The molecule has 0 aliphatic rings. The molecule has 0 N–H and O–H groups in total. The molecule has 0 unspecified atom stereocenters. The molecule has 0 heterocycles. The van der Waals surface area contributed by atoms with Crippen molar-refractivity contribution in [1.82, 2.24) is 0 Å². The van der Waals surface area contributed by atoms with E-state index < -0.39 is 0 Å². The third-order valence-electron chi connectivity index (χ3n) is 10.4. The maximum atomic E-state index is 4.16. The molecule has 0 fully saturated rings. The van der Waals surface area contributed by atoms with Gasteiger partial charge >= 0.3 is 0 Å². The monoisotopic (exact) mass is 790 g/mol. The zero-order valence-electron chi connectivity index (χ0n) is 28.3. The Bertz CT molecular complexity index is 2910. The summed E-state index contributed by atoms with van der Waals surface area (Å²) in [5, 5.41) is 9.83. The smallest absolute Gasteiger partial charge is 0.0254 e. The summed E-state index contributed by atoms with van der Waals surface area (Å²) in [6.45, 7) is 8.24. The molecule has 0 radical (unpaired) electrons. The van der Waals surface area contributed by atoms with Crippen molar-refractivity contribution in [3.8, 4) is 44.5 Å². The number of benzene rings is 9. The highest BCUT2D eigenvalue weighted by Crippen LogP contribution is 2.45.